The maximum atomic E-state index is 12.3. The van der Waals surface area contributed by atoms with E-state index in [0.29, 0.717) is 36.5 Å². The van der Waals surface area contributed by atoms with Crippen molar-refractivity contribution in [1.82, 2.24) is 5.32 Å². The number of anilines is 1. The number of hydrogen-bond acceptors (Lipinski definition) is 4. The van der Waals surface area contributed by atoms with E-state index in [2.05, 4.69) is 5.32 Å². The van der Waals surface area contributed by atoms with Gasteiger partial charge in [-0.1, -0.05) is 30.8 Å². The van der Waals surface area contributed by atoms with Crippen LogP contribution in [-0.2, 0) is 9.59 Å². The first-order chi connectivity index (χ1) is 11.0. The van der Waals surface area contributed by atoms with E-state index in [-0.39, 0.29) is 22.8 Å². The Hall–Kier alpha value is -1.82. The highest BCUT2D eigenvalue weighted by molar-refractivity contribution is 8.13. The first-order valence-electron chi connectivity index (χ1n) is 7.83. The van der Waals surface area contributed by atoms with Gasteiger partial charge in [-0.3, -0.25) is 14.4 Å². The highest BCUT2D eigenvalue weighted by Crippen LogP contribution is 2.29. The zero-order chi connectivity index (χ0) is 16.8. The van der Waals surface area contributed by atoms with Crippen molar-refractivity contribution in [3.8, 4) is 0 Å². The van der Waals surface area contributed by atoms with Crippen LogP contribution in [0.1, 0.15) is 37.0 Å². The predicted octanol–water partition coefficient (Wildman–Crippen LogP) is 2.46. The summed E-state index contributed by atoms with van der Waals surface area (Å²) in [7, 11) is 0. The third kappa shape index (κ3) is 4.58. The molecule has 1 aliphatic heterocycles. The van der Waals surface area contributed by atoms with Gasteiger partial charge in [0.05, 0.1) is 11.3 Å². The average molecular weight is 334 g/mol. The minimum Gasteiger partial charge on any atom is -0.352 e. The molecule has 6 heteroatoms. The Bertz CT molecular complexity index is 603. The van der Waals surface area contributed by atoms with Crippen LogP contribution in [0.25, 0.3) is 0 Å². The smallest absolute Gasteiger partial charge is 0.253 e. The third-order valence-corrected chi connectivity index (χ3v) is 4.75. The number of hydrogen-bond donors (Lipinski definition) is 1. The Morgan fingerprint density at radius 2 is 2.09 bits per heavy atom. The number of nitrogens with zero attached hydrogens (tertiary/aromatic N) is 1. The number of carbonyl (C=O) groups is 3. The number of amides is 2. The van der Waals surface area contributed by atoms with Crippen molar-refractivity contribution >= 4 is 34.4 Å². The van der Waals surface area contributed by atoms with Gasteiger partial charge in [0, 0.05) is 32.2 Å². The van der Waals surface area contributed by atoms with E-state index >= 15 is 0 Å². The Morgan fingerprint density at radius 1 is 1.35 bits per heavy atom. The summed E-state index contributed by atoms with van der Waals surface area (Å²) in [5.41, 5.74) is 1.18. The van der Waals surface area contributed by atoms with Crippen molar-refractivity contribution < 1.29 is 14.4 Å². The largest absolute Gasteiger partial charge is 0.352 e. The van der Waals surface area contributed by atoms with Gasteiger partial charge in [0.1, 0.15) is 0 Å². The molecule has 2 amide bonds. The molecule has 1 aromatic carbocycles. The average Bonchev–Trinajstić information content (AvgIpc) is 2.91. The first kappa shape index (κ1) is 17.5. The molecule has 0 aliphatic carbocycles. The van der Waals surface area contributed by atoms with Crippen molar-refractivity contribution in [2.45, 2.75) is 26.7 Å². The minimum atomic E-state index is -0.156. The second-order valence-corrected chi connectivity index (χ2v) is 6.85. The summed E-state index contributed by atoms with van der Waals surface area (Å²) in [6.45, 7) is 4.69. The minimum absolute atomic E-state index is 0.00916. The van der Waals surface area contributed by atoms with Gasteiger partial charge in [0.25, 0.3) is 5.91 Å². The highest BCUT2D eigenvalue weighted by atomic mass is 32.2. The molecule has 5 nitrogen and oxygen atoms in total. The van der Waals surface area contributed by atoms with Crippen molar-refractivity contribution in [3.05, 3.63) is 29.8 Å². The molecule has 0 spiro atoms. The molecule has 1 fully saturated rings. The highest BCUT2D eigenvalue weighted by Gasteiger charge is 2.32. The summed E-state index contributed by atoms with van der Waals surface area (Å²) in [4.78, 5) is 37.4. The fourth-order valence-corrected chi connectivity index (χ4v) is 3.29. The molecule has 1 saturated heterocycles. The van der Waals surface area contributed by atoms with Gasteiger partial charge in [-0.15, -0.1) is 0 Å². The predicted molar refractivity (Wildman–Crippen MR) is 92.7 cm³/mol. The Balaban J connectivity index is 2.13. The Morgan fingerprint density at radius 3 is 2.78 bits per heavy atom. The van der Waals surface area contributed by atoms with Crippen LogP contribution in [0.3, 0.4) is 0 Å². The lowest BCUT2D eigenvalue weighted by Crippen LogP contribution is -2.30. The topological polar surface area (TPSA) is 66.5 Å². The molecule has 0 radical (unpaired) electrons. The van der Waals surface area contributed by atoms with E-state index in [4.69, 9.17) is 0 Å². The molecule has 1 atom stereocenters. The van der Waals surface area contributed by atoms with Gasteiger partial charge in [0.15, 0.2) is 5.12 Å². The van der Waals surface area contributed by atoms with Gasteiger partial charge in [-0.05, 0) is 24.5 Å². The first-order valence-corrected chi connectivity index (χ1v) is 8.82. The second kappa shape index (κ2) is 8.15. The summed E-state index contributed by atoms with van der Waals surface area (Å²) in [5.74, 6) is 0.636. The van der Waals surface area contributed by atoms with Crippen LogP contribution in [0.4, 0.5) is 5.69 Å². The molecule has 0 saturated carbocycles. The molecule has 1 aliphatic rings. The number of rotatable bonds is 6. The zero-order valence-electron chi connectivity index (χ0n) is 13.5. The van der Waals surface area contributed by atoms with Gasteiger partial charge in [-0.25, -0.2) is 0 Å². The molecule has 1 heterocycles. The van der Waals surface area contributed by atoms with Crippen molar-refractivity contribution in [2.24, 2.45) is 5.92 Å². The van der Waals surface area contributed by atoms with Gasteiger partial charge in [0.2, 0.25) is 5.91 Å². The van der Waals surface area contributed by atoms with Crippen molar-refractivity contribution in [3.63, 3.8) is 0 Å². The number of thioether (sulfide) groups is 1. The monoisotopic (exact) mass is 334 g/mol. The lowest BCUT2D eigenvalue weighted by molar-refractivity contribution is -0.117. The molecule has 0 aromatic heterocycles. The maximum Gasteiger partial charge on any atom is 0.253 e. The van der Waals surface area contributed by atoms with Gasteiger partial charge >= 0.3 is 0 Å². The summed E-state index contributed by atoms with van der Waals surface area (Å²) in [6, 6.07) is 7.18. The van der Waals surface area contributed by atoms with E-state index in [1.165, 1.54) is 18.7 Å². The van der Waals surface area contributed by atoms with Crippen molar-refractivity contribution in [2.75, 3.05) is 23.7 Å². The van der Waals surface area contributed by atoms with Crippen LogP contribution in [0.5, 0.6) is 0 Å². The lowest BCUT2D eigenvalue weighted by atomic mass is 10.1. The number of para-hydroxylation sites is 1. The second-order valence-electron chi connectivity index (χ2n) is 5.65. The van der Waals surface area contributed by atoms with Crippen LogP contribution in [0.2, 0.25) is 0 Å². The Kier molecular flexibility index (Phi) is 6.21. The van der Waals surface area contributed by atoms with Crippen LogP contribution in [0.15, 0.2) is 24.3 Å². The zero-order valence-corrected chi connectivity index (χ0v) is 14.3. The van der Waals surface area contributed by atoms with Crippen LogP contribution in [0, 0.1) is 5.92 Å². The fourth-order valence-electron chi connectivity index (χ4n) is 2.60. The molecule has 1 N–H and O–H groups in total. The van der Waals surface area contributed by atoms with E-state index in [1.54, 1.807) is 23.1 Å². The summed E-state index contributed by atoms with van der Waals surface area (Å²) in [5, 5.41) is 2.92. The number of carbonyl (C=O) groups excluding carboxylic acids is 3. The maximum absolute atomic E-state index is 12.3. The van der Waals surface area contributed by atoms with Gasteiger partial charge in [-0.2, -0.15) is 0 Å². The molecule has 0 bridgehead atoms. The summed E-state index contributed by atoms with van der Waals surface area (Å²) >= 11 is 1.25. The molecule has 124 valence electrons. The quantitative estimate of drug-likeness (QED) is 0.868. The normalized spacial score (nSPS) is 17.4. The molecule has 23 heavy (non-hydrogen) atoms. The molecular formula is C17H22N2O3S. The fraction of sp³-hybridized carbons (Fsp3) is 0.471. The van der Waals surface area contributed by atoms with Crippen LogP contribution >= 0.6 is 11.8 Å². The summed E-state index contributed by atoms with van der Waals surface area (Å²) < 4.78 is 0. The summed E-state index contributed by atoms with van der Waals surface area (Å²) in [6.07, 6.45) is 1.28. The lowest BCUT2D eigenvalue weighted by Gasteiger charge is -2.20. The SMILES string of the molecule is CCCNC(=O)c1ccccc1N1CC(CSC(C)=O)CC1=O. The van der Waals surface area contributed by atoms with Crippen LogP contribution in [-0.4, -0.2) is 35.8 Å². The standard InChI is InChI=1S/C17H22N2O3S/c1-3-8-18-17(22)14-6-4-5-7-15(14)19-10-13(9-16(19)21)11-23-12(2)20/h4-7,13H,3,8-11H2,1-2H3,(H,18,22). The van der Waals surface area contributed by atoms with E-state index in [1.807, 2.05) is 13.0 Å². The number of nitrogens with one attached hydrogen (secondary N) is 1. The van der Waals surface area contributed by atoms with Crippen molar-refractivity contribution in [1.29, 1.82) is 0 Å². The molecular weight excluding hydrogens is 312 g/mol. The van der Waals surface area contributed by atoms with E-state index in [0.717, 1.165) is 6.42 Å². The number of benzene rings is 1. The molecule has 1 unspecified atom stereocenters. The van der Waals surface area contributed by atoms with E-state index in [9.17, 15) is 14.4 Å². The van der Waals surface area contributed by atoms with Crippen LogP contribution < -0.4 is 10.2 Å². The Labute approximate surface area is 140 Å². The van der Waals surface area contributed by atoms with E-state index < -0.39 is 0 Å². The molecule has 2 rings (SSSR count). The third-order valence-electron chi connectivity index (χ3n) is 3.70. The molecule has 1 aromatic rings. The van der Waals surface area contributed by atoms with Gasteiger partial charge < -0.3 is 10.2 Å².